The molecule has 1 aromatic carbocycles. The minimum atomic E-state index is -0.433. The molecular formula is C11H14O4S. The van der Waals surface area contributed by atoms with Crippen LogP contribution in [0.5, 0.6) is 11.5 Å². The number of ether oxygens (including phenoxy) is 3. The van der Waals surface area contributed by atoms with Crippen LogP contribution >= 0.6 is 12.6 Å². The smallest absolute Gasteiger partial charge is 0.341 e. The molecule has 0 fully saturated rings. The summed E-state index contributed by atoms with van der Waals surface area (Å²) in [4.78, 5) is 12.2. The van der Waals surface area contributed by atoms with Gasteiger partial charge in [0.05, 0.1) is 20.8 Å². The van der Waals surface area contributed by atoms with Crippen LogP contribution < -0.4 is 9.47 Å². The summed E-state index contributed by atoms with van der Waals surface area (Å²) in [7, 11) is 3.01. The maximum absolute atomic E-state index is 11.6. The Hall–Kier alpha value is -1.36. The lowest BCUT2D eigenvalue weighted by molar-refractivity contribution is 0.0522. The molecule has 0 spiro atoms. The summed E-state index contributed by atoms with van der Waals surface area (Å²) in [5.41, 5.74) is 0.343. The van der Waals surface area contributed by atoms with E-state index in [4.69, 9.17) is 14.2 Å². The van der Waals surface area contributed by atoms with Crippen molar-refractivity contribution in [3.05, 3.63) is 17.7 Å². The zero-order valence-electron chi connectivity index (χ0n) is 9.44. The van der Waals surface area contributed by atoms with E-state index in [1.165, 1.54) is 14.2 Å². The van der Waals surface area contributed by atoms with Gasteiger partial charge in [0.2, 0.25) is 0 Å². The van der Waals surface area contributed by atoms with Crippen LogP contribution in [0.3, 0.4) is 0 Å². The van der Waals surface area contributed by atoms with E-state index in [0.29, 0.717) is 28.6 Å². The van der Waals surface area contributed by atoms with E-state index >= 15 is 0 Å². The molecule has 0 saturated carbocycles. The van der Waals surface area contributed by atoms with Gasteiger partial charge in [-0.3, -0.25) is 0 Å². The van der Waals surface area contributed by atoms with E-state index in [9.17, 15) is 4.79 Å². The number of methoxy groups -OCH3 is 2. The number of hydrogen-bond donors (Lipinski definition) is 1. The molecule has 0 bridgehead atoms. The Morgan fingerprint density at radius 2 is 1.88 bits per heavy atom. The van der Waals surface area contributed by atoms with Crippen molar-refractivity contribution in [2.45, 2.75) is 11.8 Å². The lowest BCUT2D eigenvalue weighted by Gasteiger charge is -2.11. The zero-order chi connectivity index (χ0) is 12.1. The molecule has 1 rings (SSSR count). The van der Waals surface area contributed by atoms with Gasteiger partial charge in [-0.15, -0.1) is 12.6 Å². The van der Waals surface area contributed by atoms with Crippen LogP contribution in [-0.4, -0.2) is 26.8 Å². The number of thiol groups is 1. The largest absolute Gasteiger partial charge is 0.496 e. The maximum atomic E-state index is 11.6. The Bertz CT molecular complexity index is 390. The first-order valence-corrected chi connectivity index (χ1v) is 5.20. The first kappa shape index (κ1) is 12.7. The summed E-state index contributed by atoms with van der Waals surface area (Å²) >= 11 is 4.21. The predicted octanol–water partition coefficient (Wildman–Crippen LogP) is 2.17. The minimum absolute atomic E-state index is 0.315. The highest BCUT2D eigenvalue weighted by Crippen LogP contribution is 2.31. The molecule has 0 amide bonds. The molecule has 0 heterocycles. The SMILES string of the molecule is CCOC(=O)c1cc(S)c(OC)cc1OC. The van der Waals surface area contributed by atoms with Gasteiger partial charge < -0.3 is 14.2 Å². The van der Waals surface area contributed by atoms with E-state index in [0.717, 1.165) is 0 Å². The Balaban J connectivity index is 3.17. The highest BCUT2D eigenvalue weighted by atomic mass is 32.1. The van der Waals surface area contributed by atoms with Gasteiger partial charge in [-0.05, 0) is 13.0 Å². The second-order valence-electron chi connectivity index (χ2n) is 2.94. The third-order valence-corrected chi connectivity index (χ3v) is 2.35. The molecule has 0 unspecified atom stereocenters. The summed E-state index contributed by atoms with van der Waals surface area (Å²) in [6.45, 7) is 2.06. The molecule has 0 atom stereocenters. The van der Waals surface area contributed by atoms with Crippen LogP contribution in [0.25, 0.3) is 0 Å². The van der Waals surface area contributed by atoms with Crippen LogP contribution in [0, 0.1) is 0 Å². The van der Waals surface area contributed by atoms with Gasteiger partial charge in [-0.2, -0.15) is 0 Å². The molecule has 4 nitrogen and oxygen atoms in total. The second kappa shape index (κ2) is 5.65. The van der Waals surface area contributed by atoms with Crippen molar-refractivity contribution in [1.29, 1.82) is 0 Å². The topological polar surface area (TPSA) is 44.8 Å². The van der Waals surface area contributed by atoms with Gasteiger partial charge in [0.15, 0.2) is 0 Å². The van der Waals surface area contributed by atoms with Crippen LogP contribution in [0.15, 0.2) is 17.0 Å². The fourth-order valence-electron chi connectivity index (χ4n) is 1.25. The Morgan fingerprint density at radius 3 is 2.38 bits per heavy atom. The quantitative estimate of drug-likeness (QED) is 0.649. The molecule has 0 aliphatic carbocycles. The second-order valence-corrected chi connectivity index (χ2v) is 3.43. The Kier molecular flexibility index (Phi) is 4.49. The molecule has 0 radical (unpaired) electrons. The normalized spacial score (nSPS) is 9.75. The molecule has 5 heteroatoms. The predicted molar refractivity (Wildman–Crippen MR) is 62.8 cm³/mol. The third-order valence-electron chi connectivity index (χ3n) is 2.00. The molecule has 16 heavy (non-hydrogen) atoms. The van der Waals surface area contributed by atoms with E-state index in [2.05, 4.69) is 12.6 Å². The number of carbonyl (C=O) groups is 1. The van der Waals surface area contributed by atoms with Crippen molar-refractivity contribution in [1.82, 2.24) is 0 Å². The van der Waals surface area contributed by atoms with E-state index in [-0.39, 0.29) is 0 Å². The van der Waals surface area contributed by atoms with Gasteiger partial charge in [0.25, 0.3) is 0 Å². The Morgan fingerprint density at radius 1 is 1.25 bits per heavy atom. The monoisotopic (exact) mass is 242 g/mol. The van der Waals surface area contributed by atoms with Gasteiger partial charge in [-0.1, -0.05) is 0 Å². The number of benzene rings is 1. The summed E-state index contributed by atoms with van der Waals surface area (Å²) in [5, 5.41) is 0. The highest BCUT2D eigenvalue weighted by molar-refractivity contribution is 7.80. The fraction of sp³-hybridized carbons (Fsp3) is 0.364. The van der Waals surface area contributed by atoms with Crippen molar-refractivity contribution in [3.8, 4) is 11.5 Å². The average molecular weight is 242 g/mol. The van der Waals surface area contributed by atoms with Crippen molar-refractivity contribution in [3.63, 3.8) is 0 Å². The van der Waals surface area contributed by atoms with E-state index in [1.807, 2.05) is 0 Å². The number of esters is 1. The van der Waals surface area contributed by atoms with Crippen molar-refractivity contribution in [2.24, 2.45) is 0 Å². The van der Waals surface area contributed by atoms with Gasteiger partial charge in [0.1, 0.15) is 17.1 Å². The lowest BCUT2D eigenvalue weighted by atomic mass is 10.2. The fourth-order valence-corrected chi connectivity index (χ4v) is 1.54. The van der Waals surface area contributed by atoms with Gasteiger partial charge in [0, 0.05) is 11.0 Å². The molecule has 1 aromatic rings. The molecule has 88 valence electrons. The summed E-state index contributed by atoms with van der Waals surface area (Å²) in [6.07, 6.45) is 0. The number of rotatable bonds is 4. The van der Waals surface area contributed by atoms with Crippen LogP contribution in [0.2, 0.25) is 0 Å². The molecule has 0 aliphatic heterocycles. The molecular weight excluding hydrogens is 228 g/mol. The van der Waals surface area contributed by atoms with E-state index in [1.54, 1.807) is 19.1 Å². The lowest BCUT2D eigenvalue weighted by Crippen LogP contribution is -2.07. The molecule has 0 N–H and O–H groups in total. The molecule has 0 aromatic heterocycles. The highest BCUT2D eigenvalue weighted by Gasteiger charge is 2.16. The third kappa shape index (κ3) is 2.61. The van der Waals surface area contributed by atoms with Crippen LogP contribution in [0.1, 0.15) is 17.3 Å². The summed E-state index contributed by atoms with van der Waals surface area (Å²) in [5.74, 6) is 0.527. The summed E-state index contributed by atoms with van der Waals surface area (Å²) < 4.78 is 15.1. The molecule has 0 aliphatic rings. The first-order chi connectivity index (χ1) is 7.63. The maximum Gasteiger partial charge on any atom is 0.341 e. The average Bonchev–Trinajstić information content (AvgIpc) is 2.29. The Labute approximate surface area is 99.9 Å². The van der Waals surface area contributed by atoms with E-state index < -0.39 is 5.97 Å². The standard InChI is InChI=1S/C11H14O4S/c1-4-15-11(12)7-5-10(16)9(14-3)6-8(7)13-2/h5-6,16H,4H2,1-3H3. The molecule has 0 saturated heterocycles. The summed E-state index contributed by atoms with van der Waals surface area (Å²) in [6, 6.07) is 3.17. The van der Waals surface area contributed by atoms with Crippen LogP contribution in [-0.2, 0) is 4.74 Å². The minimum Gasteiger partial charge on any atom is -0.496 e. The number of carbonyl (C=O) groups excluding carboxylic acids is 1. The van der Waals surface area contributed by atoms with Crippen molar-refractivity contribution >= 4 is 18.6 Å². The van der Waals surface area contributed by atoms with Gasteiger partial charge >= 0.3 is 5.97 Å². The van der Waals surface area contributed by atoms with Crippen molar-refractivity contribution < 1.29 is 19.0 Å². The van der Waals surface area contributed by atoms with Gasteiger partial charge in [-0.25, -0.2) is 4.79 Å². The number of hydrogen-bond acceptors (Lipinski definition) is 5. The first-order valence-electron chi connectivity index (χ1n) is 4.76. The van der Waals surface area contributed by atoms with Crippen LogP contribution in [0.4, 0.5) is 0 Å². The zero-order valence-corrected chi connectivity index (χ0v) is 10.3. The van der Waals surface area contributed by atoms with Crippen molar-refractivity contribution in [2.75, 3.05) is 20.8 Å².